The molecule has 1 aliphatic heterocycles. The zero-order chi connectivity index (χ0) is 17.9. The SMILES string of the molecule is CC(C)CNc1cc(Cl)c(Cl)cc1NC1=CC(=O)N(CCO)C1=O. The van der Waals surface area contributed by atoms with Gasteiger partial charge in [0.25, 0.3) is 11.8 Å². The summed E-state index contributed by atoms with van der Waals surface area (Å²) in [5.41, 5.74) is 1.35. The fraction of sp³-hybridized carbons (Fsp3) is 0.375. The van der Waals surface area contributed by atoms with Crippen molar-refractivity contribution in [3.8, 4) is 0 Å². The molecule has 1 heterocycles. The van der Waals surface area contributed by atoms with Gasteiger partial charge in [-0.05, 0) is 18.1 Å². The minimum atomic E-state index is -0.491. The number of aliphatic hydroxyl groups is 1. The van der Waals surface area contributed by atoms with Gasteiger partial charge in [0.05, 0.1) is 34.6 Å². The van der Waals surface area contributed by atoms with Gasteiger partial charge < -0.3 is 15.7 Å². The number of carbonyl (C=O) groups is 2. The maximum absolute atomic E-state index is 12.2. The Labute approximate surface area is 150 Å². The molecule has 0 spiro atoms. The molecule has 0 unspecified atom stereocenters. The highest BCUT2D eigenvalue weighted by molar-refractivity contribution is 6.42. The Morgan fingerprint density at radius 3 is 2.38 bits per heavy atom. The molecule has 0 radical (unpaired) electrons. The molecule has 1 aliphatic rings. The van der Waals surface area contributed by atoms with Crippen molar-refractivity contribution < 1.29 is 14.7 Å². The van der Waals surface area contributed by atoms with E-state index < -0.39 is 11.8 Å². The Morgan fingerprint density at radius 1 is 1.17 bits per heavy atom. The third kappa shape index (κ3) is 4.20. The fourth-order valence-corrected chi connectivity index (χ4v) is 2.49. The molecule has 130 valence electrons. The van der Waals surface area contributed by atoms with Crippen LogP contribution in [0, 0.1) is 5.92 Å². The van der Waals surface area contributed by atoms with E-state index in [4.69, 9.17) is 28.3 Å². The number of anilines is 2. The van der Waals surface area contributed by atoms with Crippen LogP contribution in [-0.2, 0) is 9.59 Å². The maximum atomic E-state index is 12.2. The van der Waals surface area contributed by atoms with Gasteiger partial charge in [-0.25, -0.2) is 0 Å². The van der Waals surface area contributed by atoms with Crippen molar-refractivity contribution in [2.45, 2.75) is 13.8 Å². The van der Waals surface area contributed by atoms with Crippen LogP contribution < -0.4 is 10.6 Å². The lowest BCUT2D eigenvalue weighted by Gasteiger charge is -2.17. The second-order valence-corrected chi connectivity index (χ2v) is 6.60. The van der Waals surface area contributed by atoms with Gasteiger partial charge in [0, 0.05) is 12.6 Å². The summed E-state index contributed by atoms with van der Waals surface area (Å²) < 4.78 is 0. The Balaban J connectivity index is 2.25. The number of nitrogens with zero attached hydrogens (tertiary/aromatic N) is 1. The number of rotatable bonds is 7. The molecule has 1 aromatic carbocycles. The molecule has 2 rings (SSSR count). The van der Waals surface area contributed by atoms with Crippen molar-refractivity contribution >= 4 is 46.4 Å². The Bertz CT molecular complexity index is 689. The number of aliphatic hydroxyl groups excluding tert-OH is 1. The number of imide groups is 1. The summed E-state index contributed by atoms with van der Waals surface area (Å²) in [6.45, 7) is 4.50. The van der Waals surface area contributed by atoms with Crippen LogP contribution in [0.25, 0.3) is 0 Å². The van der Waals surface area contributed by atoms with Crippen LogP contribution in [0.5, 0.6) is 0 Å². The molecular formula is C16H19Cl2N3O3. The number of hydrogen-bond donors (Lipinski definition) is 3. The van der Waals surface area contributed by atoms with Crippen LogP contribution >= 0.6 is 23.2 Å². The Kier molecular flexibility index (Phi) is 6.10. The van der Waals surface area contributed by atoms with Gasteiger partial charge >= 0.3 is 0 Å². The lowest BCUT2D eigenvalue weighted by Crippen LogP contribution is -2.34. The molecule has 8 heteroatoms. The van der Waals surface area contributed by atoms with E-state index in [-0.39, 0.29) is 18.8 Å². The third-order valence-corrected chi connectivity index (χ3v) is 4.09. The van der Waals surface area contributed by atoms with Crippen molar-refractivity contribution in [2.24, 2.45) is 5.92 Å². The van der Waals surface area contributed by atoms with Gasteiger partial charge in [0.15, 0.2) is 0 Å². The van der Waals surface area contributed by atoms with Crippen molar-refractivity contribution in [3.05, 3.63) is 34.0 Å². The fourth-order valence-electron chi connectivity index (χ4n) is 2.17. The predicted molar refractivity (Wildman–Crippen MR) is 95.3 cm³/mol. The predicted octanol–water partition coefficient (Wildman–Crippen LogP) is 2.72. The normalized spacial score (nSPS) is 14.4. The lowest BCUT2D eigenvalue weighted by molar-refractivity contribution is -0.137. The zero-order valence-corrected chi connectivity index (χ0v) is 14.9. The second-order valence-electron chi connectivity index (χ2n) is 5.79. The van der Waals surface area contributed by atoms with Crippen LogP contribution in [-0.4, -0.2) is 41.5 Å². The average Bonchev–Trinajstić information content (AvgIpc) is 2.77. The molecule has 0 saturated carbocycles. The molecule has 3 N–H and O–H groups in total. The minimum absolute atomic E-state index is 0.0425. The average molecular weight is 372 g/mol. The van der Waals surface area contributed by atoms with Gasteiger partial charge in [0.1, 0.15) is 5.70 Å². The van der Waals surface area contributed by atoms with Crippen LogP contribution in [0.4, 0.5) is 11.4 Å². The van der Waals surface area contributed by atoms with Crippen LogP contribution in [0.2, 0.25) is 10.0 Å². The second kappa shape index (κ2) is 7.88. The van der Waals surface area contributed by atoms with E-state index in [1.54, 1.807) is 12.1 Å². The molecule has 6 nitrogen and oxygen atoms in total. The van der Waals surface area contributed by atoms with Crippen molar-refractivity contribution in [3.63, 3.8) is 0 Å². The maximum Gasteiger partial charge on any atom is 0.277 e. The van der Waals surface area contributed by atoms with E-state index in [9.17, 15) is 9.59 Å². The number of benzene rings is 1. The number of β-amino-alcohol motifs (C(OH)–C–C–N with tert-alkyl or cyclic N) is 1. The summed E-state index contributed by atoms with van der Waals surface area (Å²) in [6.07, 6.45) is 1.20. The number of carbonyl (C=O) groups excluding carboxylic acids is 2. The van der Waals surface area contributed by atoms with E-state index in [0.29, 0.717) is 33.9 Å². The number of nitrogens with one attached hydrogen (secondary N) is 2. The number of amides is 2. The monoisotopic (exact) mass is 371 g/mol. The van der Waals surface area contributed by atoms with Gasteiger partial charge in [-0.15, -0.1) is 0 Å². The van der Waals surface area contributed by atoms with Crippen molar-refractivity contribution in [2.75, 3.05) is 30.3 Å². The largest absolute Gasteiger partial charge is 0.395 e. The van der Waals surface area contributed by atoms with E-state index in [1.165, 1.54) is 6.08 Å². The van der Waals surface area contributed by atoms with Gasteiger partial charge in [-0.3, -0.25) is 14.5 Å². The summed E-state index contributed by atoms with van der Waals surface area (Å²) >= 11 is 12.1. The molecule has 0 bridgehead atoms. The van der Waals surface area contributed by atoms with Crippen LogP contribution in [0.3, 0.4) is 0 Å². The standard InChI is InChI=1S/C16H19Cl2N3O3/c1-9(2)8-19-12-5-10(17)11(18)6-13(12)20-14-7-15(23)21(3-4-22)16(14)24/h5-7,9,19-20,22H,3-4,8H2,1-2H3. The first-order valence-electron chi connectivity index (χ1n) is 7.51. The summed E-state index contributed by atoms with van der Waals surface area (Å²) in [5, 5.41) is 15.8. The minimum Gasteiger partial charge on any atom is -0.395 e. The highest BCUT2D eigenvalue weighted by atomic mass is 35.5. The first-order chi connectivity index (χ1) is 11.3. The highest BCUT2D eigenvalue weighted by Crippen LogP contribution is 2.34. The Morgan fingerprint density at radius 2 is 1.79 bits per heavy atom. The van der Waals surface area contributed by atoms with Gasteiger partial charge in [-0.1, -0.05) is 37.0 Å². The molecule has 0 aromatic heterocycles. The van der Waals surface area contributed by atoms with E-state index in [1.807, 2.05) is 0 Å². The van der Waals surface area contributed by atoms with Gasteiger partial charge in [0.2, 0.25) is 0 Å². The quantitative estimate of drug-likeness (QED) is 0.642. The topological polar surface area (TPSA) is 81.7 Å². The highest BCUT2D eigenvalue weighted by Gasteiger charge is 2.31. The molecule has 24 heavy (non-hydrogen) atoms. The van der Waals surface area contributed by atoms with Crippen molar-refractivity contribution in [1.29, 1.82) is 0 Å². The van der Waals surface area contributed by atoms with E-state index in [0.717, 1.165) is 4.90 Å². The summed E-state index contributed by atoms with van der Waals surface area (Å²) in [4.78, 5) is 25.0. The molecule has 2 amide bonds. The molecule has 0 saturated heterocycles. The molecule has 1 aromatic rings. The summed E-state index contributed by atoms with van der Waals surface area (Å²) in [5.74, 6) is -0.551. The Hall–Kier alpha value is -1.76. The molecule has 0 fully saturated rings. The summed E-state index contributed by atoms with van der Waals surface area (Å²) in [7, 11) is 0. The molecule has 0 atom stereocenters. The van der Waals surface area contributed by atoms with Crippen LogP contribution in [0.1, 0.15) is 13.8 Å². The number of hydrogen-bond acceptors (Lipinski definition) is 5. The molecular weight excluding hydrogens is 353 g/mol. The van der Waals surface area contributed by atoms with Crippen molar-refractivity contribution in [1.82, 2.24) is 4.90 Å². The lowest BCUT2D eigenvalue weighted by atomic mass is 10.2. The first-order valence-corrected chi connectivity index (χ1v) is 8.27. The first kappa shape index (κ1) is 18.6. The summed E-state index contributed by atoms with van der Waals surface area (Å²) in [6, 6.07) is 3.27. The van der Waals surface area contributed by atoms with Gasteiger partial charge in [-0.2, -0.15) is 0 Å². The smallest absolute Gasteiger partial charge is 0.277 e. The third-order valence-electron chi connectivity index (χ3n) is 3.36. The van der Waals surface area contributed by atoms with E-state index in [2.05, 4.69) is 24.5 Å². The zero-order valence-electron chi connectivity index (χ0n) is 13.4. The van der Waals surface area contributed by atoms with Crippen LogP contribution in [0.15, 0.2) is 23.9 Å². The molecule has 0 aliphatic carbocycles. The number of halogens is 2. The van der Waals surface area contributed by atoms with E-state index >= 15 is 0 Å².